The number of carboxylic acids is 2. The minimum atomic E-state index is -2.08. The molecule has 170 valence electrons. The SMILES string of the molecule is CCc1cccc(C(Cc2c(CCN(C)C)[nH]c3ccccc23)(C(=O)O)C(=O)O)c1CC. The molecule has 0 unspecified atom stereocenters. The number of hydrogen-bond donors (Lipinski definition) is 3. The summed E-state index contributed by atoms with van der Waals surface area (Å²) < 4.78 is 0. The van der Waals surface area contributed by atoms with Crippen LogP contribution in [0.5, 0.6) is 0 Å². The summed E-state index contributed by atoms with van der Waals surface area (Å²) in [5.41, 5.74) is 2.64. The predicted octanol–water partition coefficient (Wildman–Crippen LogP) is 4.05. The Labute approximate surface area is 188 Å². The summed E-state index contributed by atoms with van der Waals surface area (Å²) in [5, 5.41) is 21.7. The van der Waals surface area contributed by atoms with Gasteiger partial charge in [-0.25, -0.2) is 0 Å². The molecule has 3 N–H and O–H groups in total. The number of fused-ring (bicyclic) bond motifs is 1. The molecule has 0 bridgehead atoms. The van der Waals surface area contributed by atoms with Gasteiger partial charge in [-0.1, -0.05) is 50.2 Å². The number of aryl methyl sites for hydroxylation is 1. The molecule has 0 saturated heterocycles. The zero-order valence-corrected chi connectivity index (χ0v) is 19.2. The summed E-state index contributed by atoms with van der Waals surface area (Å²) >= 11 is 0. The standard InChI is InChI=1S/C26H32N2O4/c1-5-17-10-9-12-21(18(17)6-2)26(24(29)30,25(31)32)16-20-19-11-7-8-13-22(19)27-23(20)14-15-28(3)4/h7-13,27H,5-6,14-16H2,1-4H3,(H,29,30)(H,31,32). The highest BCUT2D eigenvalue weighted by atomic mass is 16.4. The maximum Gasteiger partial charge on any atom is 0.325 e. The average molecular weight is 437 g/mol. The van der Waals surface area contributed by atoms with Crippen molar-refractivity contribution in [3.63, 3.8) is 0 Å². The number of aromatic amines is 1. The van der Waals surface area contributed by atoms with Gasteiger partial charge in [0.2, 0.25) is 0 Å². The van der Waals surface area contributed by atoms with Crippen molar-refractivity contribution in [1.82, 2.24) is 9.88 Å². The van der Waals surface area contributed by atoms with Crippen LogP contribution < -0.4 is 0 Å². The number of hydrogen-bond acceptors (Lipinski definition) is 3. The van der Waals surface area contributed by atoms with E-state index in [1.54, 1.807) is 12.1 Å². The summed E-state index contributed by atoms with van der Waals surface area (Å²) in [4.78, 5) is 31.0. The van der Waals surface area contributed by atoms with E-state index in [0.29, 0.717) is 24.8 Å². The van der Waals surface area contributed by atoms with Gasteiger partial charge >= 0.3 is 11.9 Å². The lowest BCUT2D eigenvalue weighted by Gasteiger charge is -2.29. The van der Waals surface area contributed by atoms with Crippen LogP contribution in [0.15, 0.2) is 42.5 Å². The molecular weight excluding hydrogens is 404 g/mol. The van der Waals surface area contributed by atoms with E-state index >= 15 is 0 Å². The summed E-state index contributed by atoms with van der Waals surface area (Å²) in [6, 6.07) is 13.1. The number of carboxylic acid groups (broad SMARTS) is 2. The van der Waals surface area contributed by atoms with Crippen molar-refractivity contribution in [3.8, 4) is 0 Å². The maximum atomic E-state index is 12.8. The highest BCUT2D eigenvalue weighted by Gasteiger charge is 2.50. The molecule has 1 heterocycles. The third-order valence-corrected chi connectivity index (χ3v) is 6.35. The first-order valence-electron chi connectivity index (χ1n) is 11.1. The molecule has 0 spiro atoms. The van der Waals surface area contributed by atoms with Gasteiger partial charge < -0.3 is 20.1 Å². The first-order chi connectivity index (χ1) is 15.3. The van der Waals surface area contributed by atoms with Gasteiger partial charge in [-0.05, 0) is 55.3 Å². The minimum absolute atomic E-state index is 0.120. The molecule has 3 rings (SSSR count). The number of likely N-dealkylation sites (N-methyl/N-ethyl adjacent to an activating group) is 1. The van der Waals surface area contributed by atoms with Crippen molar-refractivity contribution in [2.75, 3.05) is 20.6 Å². The molecule has 0 aliphatic rings. The number of para-hydroxylation sites is 1. The fourth-order valence-electron chi connectivity index (χ4n) is 4.62. The second-order valence-electron chi connectivity index (χ2n) is 8.52. The van der Waals surface area contributed by atoms with Crippen LogP contribution in [0.2, 0.25) is 0 Å². The molecule has 0 saturated carbocycles. The molecule has 3 aromatic rings. The Bertz CT molecular complexity index is 1120. The lowest BCUT2D eigenvalue weighted by molar-refractivity contribution is -0.157. The molecule has 2 aromatic carbocycles. The van der Waals surface area contributed by atoms with Gasteiger partial charge in [-0.3, -0.25) is 9.59 Å². The number of rotatable bonds is 10. The number of carbonyl (C=O) groups is 2. The highest BCUT2D eigenvalue weighted by molar-refractivity contribution is 6.06. The van der Waals surface area contributed by atoms with Crippen LogP contribution in [0, 0.1) is 0 Å². The molecule has 0 aliphatic carbocycles. The van der Waals surface area contributed by atoms with Crippen molar-refractivity contribution in [2.45, 2.75) is 44.9 Å². The van der Waals surface area contributed by atoms with Gasteiger partial charge in [-0.2, -0.15) is 0 Å². The van der Waals surface area contributed by atoms with Crippen LogP contribution in [0.3, 0.4) is 0 Å². The molecule has 6 nitrogen and oxygen atoms in total. The molecule has 0 fully saturated rings. The molecule has 1 aromatic heterocycles. The van der Waals surface area contributed by atoms with Gasteiger partial charge in [0.1, 0.15) is 0 Å². The molecule has 0 radical (unpaired) electrons. The summed E-state index contributed by atoms with van der Waals surface area (Å²) in [6.07, 6.45) is 1.84. The van der Waals surface area contributed by atoms with Crippen LogP contribution in [0.4, 0.5) is 0 Å². The number of H-pyrrole nitrogens is 1. The average Bonchev–Trinajstić information content (AvgIpc) is 3.12. The van der Waals surface area contributed by atoms with Gasteiger partial charge in [-0.15, -0.1) is 0 Å². The highest BCUT2D eigenvalue weighted by Crippen LogP contribution is 2.37. The zero-order chi connectivity index (χ0) is 23.5. The van der Waals surface area contributed by atoms with Crippen molar-refractivity contribution >= 4 is 22.8 Å². The van der Waals surface area contributed by atoms with Gasteiger partial charge in [0.25, 0.3) is 0 Å². The van der Waals surface area contributed by atoms with Crippen LogP contribution in [-0.4, -0.2) is 52.7 Å². The number of aliphatic carboxylic acids is 2. The van der Waals surface area contributed by atoms with Crippen LogP contribution in [-0.2, 0) is 40.7 Å². The summed E-state index contributed by atoms with van der Waals surface area (Å²) in [5.74, 6) is -2.67. The van der Waals surface area contributed by atoms with E-state index in [-0.39, 0.29) is 6.42 Å². The van der Waals surface area contributed by atoms with Crippen molar-refractivity contribution in [3.05, 3.63) is 70.4 Å². The van der Waals surface area contributed by atoms with E-state index in [2.05, 4.69) is 9.88 Å². The van der Waals surface area contributed by atoms with E-state index in [9.17, 15) is 19.8 Å². The fraction of sp³-hybridized carbons (Fsp3) is 0.385. The van der Waals surface area contributed by atoms with E-state index in [4.69, 9.17) is 0 Å². The monoisotopic (exact) mass is 436 g/mol. The second-order valence-corrected chi connectivity index (χ2v) is 8.52. The summed E-state index contributed by atoms with van der Waals surface area (Å²) in [7, 11) is 3.95. The van der Waals surface area contributed by atoms with E-state index in [1.807, 2.05) is 58.3 Å². The molecule has 6 heteroatoms. The normalized spacial score (nSPS) is 11.9. The van der Waals surface area contributed by atoms with Crippen LogP contribution in [0.25, 0.3) is 10.9 Å². The van der Waals surface area contributed by atoms with Crippen LogP contribution >= 0.6 is 0 Å². The second kappa shape index (κ2) is 9.57. The van der Waals surface area contributed by atoms with Crippen LogP contribution in [0.1, 0.15) is 41.8 Å². The largest absolute Gasteiger partial charge is 0.480 e. The Morgan fingerprint density at radius 2 is 1.62 bits per heavy atom. The summed E-state index contributed by atoms with van der Waals surface area (Å²) in [6.45, 7) is 4.71. The lowest BCUT2D eigenvalue weighted by Crippen LogP contribution is -2.46. The van der Waals surface area contributed by atoms with Gasteiger partial charge in [0.15, 0.2) is 5.41 Å². The maximum absolute atomic E-state index is 12.8. The molecule has 0 amide bonds. The Balaban J connectivity index is 2.27. The minimum Gasteiger partial charge on any atom is -0.480 e. The zero-order valence-electron chi connectivity index (χ0n) is 19.2. The quantitative estimate of drug-likeness (QED) is 0.417. The van der Waals surface area contributed by atoms with Gasteiger partial charge in [0.05, 0.1) is 0 Å². The number of aromatic nitrogens is 1. The number of nitrogens with one attached hydrogen (secondary N) is 1. The fourth-order valence-corrected chi connectivity index (χ4v) is 4.62. The first kappa shape index (κ1) is 23.5. The van der Waals surface area contributed by atoms with E-state index in [1.165, 1.54) is 0 Å². The topological polar surface area (TPSA) is 93.6 Å². The third-order valence-electron chi connectivity index (χ3n) is 6.35. The molecule has 32 heavy (non-hydrogen) atoms. The molecule has 0 aliphatic heterocycles. The Morgan fingerprint density at radius 3 is 2.22 bits per heavy atom. The third kappa shape index (κ3) is 4.15. The van der Waals surface area contributed by atoms with E-state index in [0.717, 1.165) is 39.8 Å². The Morgan fingerprint density at radius 1 is 0.938 bits per heavy atom. The number of nitrogens with zero attached hydrogens (tertiary/aromatic N) is 1. The van der Waals surface area contributed by atoms with Crippen molar-refractivity contribution < 1.29 is 19.8 Å². The van der Waals surface area contributed by atoms with Crippen molar-refractivity contribution in [1.29, 1.82) is 0 Å². The Kier molecular flexibility index (Phi) is 7.04. The first-order valence-corrected chi connectivity index (χ1v) is 11.1. The molecule has 0 atom stereocenters. The smallest absolute Gasteiger partial charge is 0.325 e. The predicted molar refractivity (Wildman–Crippen MR) is 126 cm³/mol. The lowest BCUT2D eigenvalue weighted by atomic mass is 9.71. The van der Waals surface area contributed by atoms with E-state index < -0.39 is 17.4 Å². The molecular formula is C26H32N2O4. The Hall–Kier alpha value is -3.12. The van der Waals surface area contributed by atoms with Gasteiger partial charge in [0, 0.05) is 36.0 Å². The van der Waals surface area contributed by atoms with Crippen molar-refractivity contribution in [2.24, 2.45) is 0 Å². The number of benzene rings is 2.